The van der Waals surface area contributed by atoms with E-state index >= 15 is 0 Å². The van der Waals surface area contributed by atoms with E-state index in [-0.39, 0.29) is 48.8 Å². The Morgan fingerprint density at radius 1 is 1.32 bits per heavy atom. The fourth-order valence-corrected chi connectivity index (χ4v) is 6.60. The molecule has 0 saturated heterocycles. The Bertz CT molecular complexity index is 1370. The molecule has 12 heteroatoms. The lowest BCUT2D eigenvalue weighted by Crippen LogP contribution is -2.66. The van der Waals surface area contributed by atoms with Gasteiger partial charge in [-0.25, -0.2) is 4.98 Å². The number of ketones is 1. The minimum atomic E-state index is -1.39. The van der Waals surface area contributed by atoms with Crippen LogP contribution >= 0.6 is 35.3 Å². The Labute approximate surface area is 236 Å². The normalized spacial score (nSPS) is 23.4. The molecular weight excluding hydrogens is 547 g/mol. The van der Waals surface area contributed by atoms with Gasteiger partial charge in [0.25, 0.3) is 5.91 Å². The highest BCUT2D eigenvalue weighted by Gasteiger charge is 2.49. The number of rotatable bonds is 6. The predicted octanol–water partition coefficient (Wildman–Crippen LogP) is 3.30. The van der Waals surface area contributed by atoms with Crippen molar-refractivity contribution in [3.63, 3.8) is 0 Å². The molecule has 0 spiro atoms. The third-order valence-corrected chi connectivity index (χ3v) is 8.76. The average Bonchev–Trinajstić information content (AvgIpc) is 3.48. The number of benzene rings is 1. The van der Waals surface area contributed by atoms with Crippen LogP contribution in [-0.4, -0.2) is 64.2 Å². The van der Waals surface area contributed by atoms with E-state index in [1.807, 2.05) is 20.0 Å². The number of carbonyl (C=O) groups is 3. The highest BCUT2D eigenvalue weighted by molar-refractivity contribution is 7.13. The average molecular weight is 580 g/mol. The van der Waals surface area contributed by atoms with Crippen LogP contribution in [0.5, 0.6) is 0 Å². The van der Waals surface area contributed by atoms with Crippen LogP contribution in [0, 0.1) is 5.92 Å². The zero-order valence-electron chi connectivity index (χ0n) is 21.3. The maximum Gasteiger partial charge on any atom is 0.280 e. The van der Waals surface area contributed by atoms with E-state index in [1.54, 1.807) is 18.2 Å². The number of thiazole rings is 1. The molecule has 0 bridgehead atoms. The minimum Gasteiger partial charge on any atom is -0.356 e. The molecule has 1 aromatic carbocycles. The van der Waals surface area contributed by atoms with Gasteiger partial charge in [0.05, 0.1) is 17.4 Å². The maximum atomic E-state index is 13.8. The molecule has 1 aliphatic heterocycles. The van der Waals surface area contributed by atoms with Crippen molar-refractivity contribution in [3.8, 4) is 0 Å². The Kier molecular flexibility index (Phi) is 8.49. The molecule has 3 atom stereocenters. The summed E-state index contributed by atoms with van der Waals surface area (Å²) in [6.07, 6.45) is 1.76. The van der Waals surface area contributed by atoms with Crippen molar-refractivity contribution in [1.82, 2.24) is 25.5 Å². The largest absolute Gasteiger partial charge is 0.356 e. The standard InChI is InChI=1S/C26H31ClN6O3S.ClH/c1-3-29-23(35)14-6-8-26(28,22(34)19-11-15-10-16(27)4-5-17(15)30-19)21(12-14)32-24(36)25-31-18-7-9-33(2)13-20(18)37-25;/h4-5,10-11,14,21,30H,3,6-9,12-13,28H2,1-2H3,(H,29,35)(H,32,36);1H. The van der Waals surface area contributed by atoms with Crippen LogP contribution in [0.1, 0.15) is 57.0 Å². The number of nitrogens with zero attached hydrogens (tertiary/aromatic N) is 2. The SMILES string of the molecule is CCNC(=O)C1CCC(N)(C(=O)c2cc3cc(Cl)ccc3[nH]2)C(NC(=O)c2nc3c(s2)CN(C)CC3)C1.Cl. The van der Waals surface area contributed by atoms with Gasteiger partial charge in [-0.15, -0.1) is 23.7 Å². The first kappa shape index (κ1) is 28.5. The van der Waals surface area contributed by atoms with E-state index in [4.69, 9.17) is 17.3 Å². The first-order valence-corrected chi connectivity index (χ1v) is 13.7. The van der Waals surface area contributed by atoms with Crippen molar-refractivity contribution in [1.29, 1.82) is 0 Å². The summed E-state index contributed by atoms with van der Waals surface area (Å²) in [6.45, 7) is 4.02. The lowest BCUT2D eigenvalue weighted by Gasteiger charge is -2.42. The topological polar surface area (TPSA) is 133 Å². The Hall–Kier alpha value is -2.50. The number of hydrogen-bond donors (Lipinski definition) is 4. The number of amides is 2. The number of fused-ring (bicyclic) bond motifs is 2. The van der Waals surface area contributed by atoms with Gasteiger partial charge in [0.2, 0.25) is 11.7 Å². The quantitative estimate of drug-likeness (QED) is 0.332. The van der Waals surface area contributed by atoms with E-state index < -0.39 is 11.6 Å². The lowest BCUT2D eigenvalue weighted by atomic mass is 9.70. The number of aromatic amines is 1. The number of Topliss-reactive ketones (excluding diaryl/α,β-unsaturated/α-hetero) is 1. The number of halogens is 2. The van der Waals surface area contributed by atoms with Crippen LogP contribution in [0.2, 0.25) is 5.02 Å². The van der Waals surface area contributed by atoms with Gasteiger partial charge in [0, 0.05) is 52.8 Å². The molecule has 1 saturated carbocycles. The third-order valence-electron chi connectivity index (χ3n) is 7.44. The molecule has 9 nitrogen and oxygen atoms in total. The van der Waals surface area contributed by atoms with Crippen molar-refractivity contribution in [2.24, 2.45) is 11.7 Å². The molecule has 2 aliphatic rings. The second kappa shape index (κ2) is 11.3. The van der Waals surface area contributed by atoms with Crippen LogP contribution in [0.4, 0.5) is 0 Å². The van der Waals surface area contributed by atoms with Crippen LogP contribution in [0.3, 0.4) is 0 Å². The minimum absolute atomic E-state index is 0. The summed E-state index contributed by atoms with van der Waals surface area (Å²) in [4.78, 5) is 50.9. The first-order valence-electron chi connectivity index (χ1n) is 12.6. The third kappa shape index (κ3) is 5.46. The molecule has 2 aromatic heterocycles. The Morgan fingerprint density at radius 2 is 2.11 bits per heavy atom. The summed E-state index contributed by atoms with van der Waals surface area (Å²) < 4.78 is 0. The van der Waals surface area contributed by atoms with Gasteiger partial charge in [-0.1, -0.05) is 11.6 Å². The molecule has 3 aromatic rings. The summed E-state index contributed by atoms with van der Waals surface area (Å²) in [7, 11) is 2.04. The van der Waals surface area contributed by atoms with Gasteiger partial charge in [0.15, 0.2) is 5.01 Å². The fraction of sp³-hybridized carbons (Fsp3) is 0.462. The molecule has 5 rings (SSSR count). The van der Waals surface area contributed by atoms with Crippen molar-refractivity contribution >= 4 is 63.8 Å². The molecule has 3 heterocycles. The van der Waals surface area contributed by atoms with Crippen molar-refractivity contribution in [3.05, 3.63) is 50.6 Å². The van der Waals surface area contributed by atoms with E-state index in [0.29, 0.717) is 28.7 Å². The number of carbonyl (C=O) groups excluding carboxylic acids is 3. The molecular formula is C26H32Cl2N6O3S. The smallest absolute Gasteiger partial charge is 0.280 e. The summed E-state index contributed by atoms with van der Waals surface area (Å²) in [5, 5.41) is 7.58. The first-order chi connectivity index (χ1) is 17.7. The number of nitrogens with two attached hydrogens (primary N) is 1. The maximum absolute atomic E-state index is 13.8. The molecule has 3 unspecified atom stereocenters. The molecule has 0 radical (unpaired) electrons. The number of H-pyrrole nitrogens is 1. The zero-order valence-corrected chi connectivity index (χ0v) is 23.7. The van der Waals surface area contributed by atoms with Crippen LogP contribution in [0.15, 0.2) is 24.3 Å². The summed E-state index contributed by atoms with van der Waals surface area (Å²) in [5.74, 6) is -1.12. The fourth-order valence-electron chi connectivity index (χ4n) is 5.33. The van der Waals surface area contributed by atoms with Crippen LogP contribution in [-0.2, 0) is 17.8 Å². The molecule has 1 fully saturated rings. The number of likely N-dealkylation sites (N-methyl/N-ethyl adjacent to an activating group) is 1. The summed E-state index contributed by atoms with van der Waals surface area (Å²) in [5.41, 5.74) is 7.52. The van der Waals surface area contributed by atoms with Gasteiger partial charge in [-0.05, 0) is 57.5 Å². The van der Waals surface area contributed by atoms with Crippen molar-refractivity contribution in [2.75, 3.05) is 20.1 Å². The zero-order chi connectivity index (χ0) is 26.3. The molecule has 38 heavy (non-hydrogen) atoms. The van der Waals surface area contributed by atoms with Crippen LogP contribution < -0.4 is 16.4 Å². The number of aromatic nitrogens is 2. The second-order valence-corrected chi connectivity index (χ2v) is 11.6. The van der Waals surface area contributed by atoms with E-state index in [2.05, 4.69) is 25.5 Å². The van der Waals surface area contributed by atoms with Crippen molar-refractivity contribution in [2.45, 2.75) is 50.7 Å². The van der Waals surface area contributed by atoms with Gasteiger partial charge >= 0.3 is 0 Å². The van der Waals surface area contributed by atoms with Crippen LogP contribution in [0.25, 0.3) is 10.9 Å². The Balaban J connectivity index is 0.00000336. The lowest BCUT2D eigenvalue weighted by molar-refractivity contribution is -0.126. The summed E-state index contributed by atoms with van der Waals surface area (Å²) >= 11 is 7.49. The van der Waals surface area contributed by atoms with Crippen molar-refractivity contribution < 1.29 is 14.4 Å². The Morgan fingerprint density at radius 3 is 2.87 bits per heavy atom. The molecule has 1 aliphatic carbocycles. The highest BCUT2D eigenvalue weighted by Crippen LogP contribution is 2.35. The van der Waals surface area contributed by atoms with Gasteiger partial charge in [-0.3, -0.25) is 14.4 Å². The monoisotopic (exact) mass is 578 g/mol. The highest BCUT2D eigenvalue weighted by atomic mass is 35.5. The number of hydrogen-bond acceptors (Lipinski definition) is 7. The van der Waals surface area contributed by atoms with Gasteiger partial charge in [-0.2, -0.15) is 0 Å². The van der Waals surface area contributed by atoms with E-state index in [1.165, 1.54) is 11.3 Å². The molecule has 5 N–H and O–H groups in total. The van der Waals surface area contributed by atoms with Gasteiger partial charge < -0.3 is 26.3 Å². The second-order valence-electron chi connectivity index (χ2n) is 10.1. The molecule has 2 amide bonds. The number of nitrogens with one attached hydrogen (secondary N) is 3. The summed E-state index contributed by atoms with van der Waals surface area (Å²) in [6, 6.07) is 6.33. The predicted molar refractivity (Wildman–Crippen MR) is 151 cm³/mol. The van der Waals surface area contributed by atoms with E-state index in [9.17, 15) is 14.4 Å². The molecule has 204 valence electrons. The van der Waals surface area contributed by atoms with Gasteiger partial charge in [0.1, 0.15) is 5.54 Å². The van der Waals surface area contributed by atoms with E-state index in [0.717, 1.165) is 41.0 Å².